The van der Waals surface area contributed by atoms with Gasteiger partial charge in [-0.3, -0.25) is 0 Å². The second-order valence-electron chi connectivity index (χ2n) is 5.42. The zero-order valence-corrected chi connectivity index (χ0v) is 13.3. The van der Waals surface area contributed by atoms with Gasteiger partial charge in [0.15, 0.2) is 0 Å². The minimum atomic E-state index is -0.712. The van der Waals surface area contributed by atoms with Gasteiger partial charge in [0, 0.05) is 18.1 Å². The Morgan fingerprint density at radius 2 is 2.12 bits per heavy atom. The lowest BCUT2D eigenvalue weighted by Gasteiger charge is -2.24. The van der Waals surface area contributed by atoms with Gasteiger partial charge in [-0.05, 0) is 37.3 Å². The van der Waals surface area contributed by atoms with E-state index in [1.165, 1.54) is 18.2 Å². The molecule has 0 saturated carbocycles. The number of hydrogen-bond acceptors (Lipinski definition) is 5. The fourth-order valence-electron chi connectivity index (χ4n) is 2.46. The molecule has 1 aliphatic heterocycles. The highest BCUT2D eigenvalue weighted by Gasteiger charge is 2.23. The Labute approximate surface area is 138 Å². The fourth-order valence-corrected chi connectivity index (χ4v) is 2.46. The second kappa shape index (κ2) is 6.70. The molecule has 0 radical (unpaired) electrons. The highest BCUT2D eigenvalue weighted by atomic mass is 19.1. The van der Waals surface area contributed by atoms with Crippen molar-refractivity contribution in [1.82, 2.24) is 0 Å². The van der Waals surface area contributed by atoms with Crippen LogP contribution in [0, 0.1) is 5.82 Å². The van der Waals surface area contributed by atoms with Crippen LogP contribution in [0.15, 0.2) is 47.6 Å². The Kier molecular flexibility index (Phi) is 4.46. The first-order chi connectivity index (χ1) is 11.6. The normalized spacial score (nSPS) is 17.8. The molecule has 0 bridgehead atoms. The van der Waals surface area contributed by atoms with Crippen LogP contribution in [0.5, 0.6) is 11.5 Å². The number of nitrogens with zero attached hydrogens (tertiary/aromatic N) is 1. The third kappa shape index (κ3) is 3.37. The van der Waals surface area contributed by atoms with Crippen molar-refractivity contribution in [2.75, 3.05) is 7.11 Å². The van der Waals surface area contributed by atoms with Gasteiger partial charge < -0.3 is 14.3 Å². The smallest absolute Gasteiger partial charge is 0.365 e. The minimum Gasteiger partial charge on any atom is -0.497 e. The third-order valence-electron chi connectivity index (χ3n) is 3.61. The molecular formula is C18H16FNO4. The first-order valence-electron chi connectivity index (χ1n) is 7.45. The molecular weight excluding hydrogens is 313 g/mol. The van der Waals surface area contributed by atoms with Gasteiger partial charge >= 0.3 is 5.97 Å². The van der Waals surface area contributed by atoms with Crippen molar-refractivity contribution in [3.05, 3.63) is 59.4 Å². The highest BCUT2D eigenvalue weighted by molar-refractivity contribution is 6.04. The van der Waals surface area contributed by atoms with Crippen molar-refractivity contribution in [3.8, 4) is 11.5 Å². The highest BCUT2D eigenvalue weighted by Crippen LogP contribution is 2.31. The van der Waals surface area contributed by atoms with Crippen LogP contribution in [0.2, 0.25) is 0 Å². The van der Waals surface area contributed by atoms with Crippen molar-refractivity contribution in [1.29, 1.82) is 0 Å². The van der Waals surface area contributed by atoms with Crippen LogP contribution < -0.4 is 9.47 Å². The number of carbonyl (C=O) groups is 1. The Morgan fingerprint density at radius 1 is 1.29 bits per heavy atom. The van der Waals surface area contributed by atoms with E-state index in [9.17, 15) is 9.18 Å². The zero-order valence-electron chi connectivity index (χ0n) is 13.3. The molecule has 5 nitrogen and oxygen atoms in total. The Bertz CT molecular complexity index is 803. The molecule has 0 spiro atoms. The molecule has 0 saturated heterocycles. The van der Waals surface area contributed by atoms with E-state index in [4.69, 9.17) is 14.3 Å². The molecule has 1 aliphatic rings. The number of hydrogen-bond donors (Lipinski definition) is 0. The topological polar surface area (TPSA) is 57.1 Å². The summed E-state index contributed by atoms with van der Waals surface area (Å²) in [7, 11) is 1.57. The summed E-state index contributed by atoms with van der Waals surface area (Å²) in [5.74, 6) is 0.0676. The van der Waals surface area contributed by atoms with E-state index in [0.717, 1.165) is 11.6 Å². The minimum absolute atomic E-state index is 0.106. The lowest BCUT2D eigenvalue weighted by molar-refractivity contribution is 0.0512. The van der Waals surface area contributed by atoms with E-state index in [1.54, 1.807) is 25.3 Å². The average molecular weight is 329 g/mol. The Morgan fingerprint density at radius 3 is 2.88 bits per heavy atom. The summed E-state index contributed by atoms with van der Waals surface area (Å²) >= 11 is 0. The van der Waals surface area contributed by atoms with Gasteiger partial charge in [-0.15, -0.1) is 0 Å². The lowest BCUT2D eigenvalue weighted by atomic mass is 10.0. The molecule has 0 aliphatic carbocycles. The molecule has 124 valence electrons. The molecule has 2 aromatic rings. The monoisotopic (exact) mass is 329 g/mol. The maximum Gasteiger partial charge on any atom is 0.365 e. The lowest BCUT2D eigenvalue weighted by Crippen LogP contribution is -2.25. The molecule has 24 heavy (non-hydrogen) atoms. The van der Waals surface area contributed by atoms with Gasteiger partial charge in [0.05, 0.1) is 18.4 Å². The van der Waals surface area contributed by atoms with E-state index in [1.807, 2.05) is 6.92 Å². The van der Waals surface area contributed by atoms with E-state index in [0.29, 0.717) is 23.6 Å². The summed E-state index contributed by atoms with van der Waals surface area (Å²) in [4.78, 5) is 17.0. The molecule has 0 fully saturated rings. The number of carbonyl (C=O) groups excluding carboxylic acids is 1. The summed E-state index contributed by atoms with van der Waals surface area (Å²) in [6.45, 7) is 1.90. The summed E-state index contributed by atoms with van der Waals surface area (Å²) in [6.07, 6.45) is 0.381. The maximum atomic E-state index is 13.2. The van der Waals surface area contributed by atoms with E-state index in [2.05, 4.69) is 5.16 Å². The standard InChI is InChI=1S/C18H16FNO4/c1-11-8-16(15-7-6-14(22-2)10-17(15)23-11)20-24-18(21)12-4-3-5-13(19)9-12/h3-7,9-11H,8H2,1-2H3/b20-16+/t11-/m0/s1. The number of ether oxygens (including phenoxy) is 2. The predicted molar refractivity (Wildman–Crippen MR) is 86.1 cm³/mol. The maximum absolute atomic E-state index is 13.2. The largest absolute Gasteiger partial charge is 0.497 e. The van der Waals surface area contributed by atoms with Gasteiger partial charge in [0.25, 0.3) is 0 Å². The van der Waals surface area contributed by atoms with Crippen molar-refractivity contribution < 1.29 is 23.5 Å². The number of oxime groups is 1. The van der Waals surface area contributed by atoms with Crippen molar-refractivity contribution in [3.63, 3.8) is 0 Å². The number of methoxy groups -OCH3 is 1. The van der Waals surface area contributed by atoms with Crippen LogP contribution in [-0.2, 0) is 4.84 Å². The quantitative estimate of drug-likeness (QED) is 0.638. The van der Waals surface area contributed by atoms with Crippen LogP contribution >= 0.6 is 0 Å². The number of halogens is 1. The summed E-state index contributed by atoms with van der Waals surface area (Å²) in [5, 5.41) is 3.96. The molecule has 0 aromatic heterocycles. The van der Waals surface area contributed by atoms with Crippen LogP contribution in [0.4, 0.5) is 4.39 Å². The van der Waals surface area contributed by atoms with Crippen LogP contribution in [0.1, 0.15) is 29.3 Å². The average Bonchev–Trinajstić information content (AvgIpc) is 2.58. The van der Waals surface area contributed by atoms with Crippen molar-refractivity contribution in [2.24, 2.45) is 5.16 Å². The molecule has 1 heterocycles. The Balaban J connectivity index is 1.84. The van der Waals surface area contributed by atoms with Gasteiger partial charge in [-0.2, -0.15) is 0 Å². The molecule has 0 amide bonds. The predicted octanol–water partition coefficient (Wildman–Crippen LogP) is 3.57. The zero-order chi connectivity index (χ0) is 17.1. The third-order valence-corrected chi connectivity index (χ3v) is 3.61. The number of rotatable bonds is 3. The fraction of sp³-hybridized carbons (Fsp3) is 0.222. The van der Waals surface area contributed by atoms with Gasteiger partial charge in [-0.1, -0.05) is 11.2 Å². The van der Waals surface area contributed by atoms with Crippen molar-refractivity contribution >= 4 is 11.7 Å². The molecule has 0 unspecified atom stereocenters. The summed E-state index contributed by atoms with van der Waals surface area (Å²) in [5.41, 5.74) is 1.44. The van der Waals surface area contributed by atoms with Crippen LogP contribution in [0.25, 0.3) is 0 Å². The molecule has 3 rings (SSSR count). The van der Waals surface area contributed by atoms with Crippen LogP contribution in [0.3, 0.4) is 0 Å². The van der Waals surface area contributed by atoms with Gasteiger partial charge in [0.1, 0.15) is 23.4 Å². The van der Waals surface area contributed by atoms with Gasteiger partial charge in [0.2, 0.25) is 0 Å². The van der Waals surface area contributed by atoms with E-state index >= 15 is 0 Å². The molecule has 6 heteroatoms. The Hall–Kier alpha value is -2.89. The number of fused-ring (bicyclic) bond motifs is 1. The SMILES string of the molecule is COc1ccc2c(c1)O[C@@H](C)C/C2=N\OC(=O)c1cccc(F)c1. The first kappa shape index (κ1) is 16.0. The summed E-state index contributed by atoms with van der Waals surface area (Å²) in [6, 6.07) is 10.6. The second-order valence-corrected chi connectivity index (χ2v) is 5.42. The van der Waals surface area contributed by atoms with Crippen LogP contribution in [-0.4, -0.2) is 24.9 Å². The van der Waals surface area contributed by atoms with Gasteiger partial charge in [-0.25, -0.2) is 9.18 Å². The molecule has 0 N–H and O–H groups in total. The first-order valence-corrected chi connectivity index (χ1v) is 7.45. The van der Waals surface area contributed by atoms with E-state index in [-0.39, 0.29) is 11.7 Å². The molecule has 1 atom stereocenters. The van der Waals surface area contributed by atoms with Crippen molar-refractivity contribution in [2.45, 2.75) is 19.4 Å². The number of benzene rings is 2. The summed E-state index contributed by atoms with van der Waals surface area (Å²) < 4.78 is 24.1. The molecule has 2 aromatic carbocycles. The van der Waals surface area contributed by atoms with E-state index < -0.39 is 11.8 Å².